The first kappa shape index (κ1) is 15.3. The van der Waals surface area contributed by atoms with Crippen molar-refractivity contribution in [2.24, 2.45) is 0 Å². The molecule has 1 aromatic heterocycles. The Morgan fingerprint density at radius 2 is 1.40 bits per heavy atom. The number of hydrogen-bond donors (Lipinski definition) is 0. The van der Waals surface area contributed by atoms with Gasteiger partial charge in [-0.15, -0.1) is 0 Å². The van der Waals surface area contributed by atoms with Crippen LogP contribution in [0.3, 0.4) is 0 Å². The minimum Gasteiger partial charge on any atom is -0.230 e. The van der Waals surface area contributed by atoms with Crippen LogP contribution in [0.4, 0.5) is 8.78 Å². The van der Waals surface area contributed by atoms with Gasteiger partial charge in [-0.3, -0.25) is 0 Å². The SMILES string of the molecule is Fc1cccc(-c2cccc(-c3ccnn3-c3ccccc3F)c2)c1. The van der Waals surface area contributed by atoms with E-state index in [4.69, 9.17) is 0 Å². The molecule has 2 nitrogen and oxygen atoms in total. The Bertz CT molecular complexity index is 1040. The van der Waals surface area contributed by atoms with Crippen LogP contribution in [0.25, 0.3) is 28.1 Å². The van der Waals surface area contributed by atoms with E-state index in [9.17, 15) is 8.78 Å². The first-order chi connectivity index (χ1) is 12.2. The Kier molecular flexibility index (Phi) is 3.86. The van der Waals surface area contributed by atoms with E-state index in [2.05, 4.69) is 5.10 Å². The summed E-state index contributed by atoms with van der Waals surface area (Å²) in [5, 5.41) is 4.26. The van der Waals surface area contributed by atoms with Crippen LogP contribution in [0.15, 0.2) is 85.1 Å². The van der Waals surface area contributed by atoms with E-state index in [1.165, 1.54) is 18.2 Å². The highest BCUT2D eigenvalue weighted by molar-refractivity contribution is 5.72. The van der Waals surface area contributed by atoms with E-state index in [1.807, 2.05) is 36.4 Å². The van der Waals surface area contributed by atoms with Crippen molar-refractivity contribution in [1.82, 2.24) is 9.78 Å². The zero-order valence-electron chi connectivity index (χ0n) is 13.2. The van der Waals surface area contributed by atoms with E-state index in [0.717, 1.165) is 22.4 Å². The summed E-state index contributed by atoms with van der Waals surface area (Å²) in [7, 11) is 0. The van der Waals surface area contributed by atoms with Crippen molar-refractivity contribution in [3.05, 3.63) is 96.7 Å². The van der Waals surface area contributed by atoms with E-state index in [1.54, 1.807) is 35.1 Å². The molecule has 0 unspecified atom stereocenters. The van der Waals surface area contributed by atoms with Gasteiger partial charge >= 0.3 is 0 Å². The summed E-state index contributed by atoms with van der Waals surface area (Å²) in [4.78, 5) is 0. The molecule has 25 heavy (non-hydrogen) atoms. The average molecular weight is 332 g/mol. The van der Waals surface area contributed by atoms with Crippen LogP contribution >= 0.6 is 0 Å². The molecule has 0 aliphatic heterocycles. The van der Waals surface area contributed by atoms with Crippen LogP contribution in [0.1, 0.15) is 0 Å². The van der Waals surface area contributed by atoms with Gasteiger partial charge in [0.25, 0.3) is 0 Å². The number of aromatic nitrogens is 2. The van der Waals surface area contributed by atoms with Gasteiger partial charge < -0.3 is 0 Å². The monoisotopic (exact) mass is 332 g/mol. The van der Waals surface area contributed by atoms with Crippen molar-refractivity contribution in [3.8, 4) is 28.1 Å². The highest BCUT2D eigenvalue weighted by Crippen LogP contribution is 2.28. The maximum atomic E-state index is 14.1. The standard InChI is InChI=1S/C21H14F2N2/c22-18-8-4-6-16(14-18)15-5-3-7-17(13-15)20-11-12-24-25(20)21-10-2-1-9-19(21)23/h1-14H. The Morgan fingerprint density at radius 1 is 0.680 bits per heavy atom. The smallest absolute Gasteiger partial charge is 0.148 e. The molecule has 0 fully saturated rings. The molecule has 0 saturated carbocycles. The van der Waals surface area contributed by atoms with Crippen LogP contribution in [-0.4, -0.2) is 9.78 Å². The third kappa shape index (κ3) is 2.94. The van der Waals surface area contributed by atoms with Crippen molar-refractivity contribution in [1.29, 1.82) is 0 Å². The van der Waals surface area contributed by atoms with Crippen molar-refractivity contribution in [2.75, 3.05) is 0 Å². The van der Waals surface area contributed by atoms with Gasteiger partial charge in [0.2, 0.25) is 0 Å². The molecule has 4 aromatic rings. The maximum Gasteiger partial charge on any atom is 0.148 e. The van der Waals surface area contributed by atoms with Crippen molar-refractivity contribution in [2.45, 2.75) is 0 Å². The second-order valence-corrected chi connectivity index (χ2v) is 5.67. The Balaban J connectivity index is 1.81. The van der Waals surface area contributed by atoms with E-state index < -0.39 is 0 Å². The Hall–Kier alpha value is -3.27. The predicted octanol–water partition coefficient (Wildman–Crippen LogP) is 5.48. The van der Waals surface area contributed by atoms with Gasteiger partial charge in [-0.25, -0.2) is 13.5 Å². The van der Waals surface area contributed by atoms with Gasteiger partial charge in [0.1, 0.15) is 17.3 Å². The number of para-hydroxylation sites is 1. The number of rotatable bonds is 3. The van der Waals surface area contributed by atoms with Gasteiger partial charge in [0, 0.05) is 5.56 Å². The lowest BCUT2D eigenvalue weighted by Gasteiger charge is -2.10. The summed E-state index contributed by atoms with van der Waals surface area (Å²) in [6, 6.07) is 22.5. The second-order valence-electron chi connectivity index (χ2n) is 5.67. The third-order valence-electron chi connectivity index (χ3n) is 4.04. The summed E-state index contributed by atoms with van der Waals surface area (Å²) in [5.74, 6) is -0.618. The minimum atomic E-state index is -0.339. The number of halogens is 2. The molecule has 0 amide bonds. The zero-order valence-corrected chi connectivity index (χ0v) is 13.2. The quantitative estimate of drug-likeness (QED) is 0.485. The Morgan fingerprint density at radius 3 is 2.20 bits per heavy atom. The first-order valence-corrected chi connectivity index (χ1v) is 7.88. The first-order valence-electron chi connectivity index (χ1n) is 7.88. The van der Waals surface area contributed by atoms with Crippen molar-refractivity contribution in [3.63, 3.8) is 0 Å². The van der Waals surface area contributed by atoms with E-state index >= 15 is 0 Å². The van der Waals surface area contributed by atoms with Crippen molar-refractivity contribution < 1.29 is 8.78 Å². The lowest BCUT2D eigenvalue weighted by Crippen LogP contribution is -2.01. The molecule has 1 heterocycles. The molecule has 0 aliphatic rings. The topological polar surface area (TPSA) is 17.8 Å². The normalized spacial score (nSPS) is 10.8. The molecule has 0 radical (unpaired) electrons. The number of hydrogen-bond acceptors (Lipinski definition) is 1. The molecule has 0 bridgehead atoms. The maximum absolute atomic E-state index is 14.1. The lowest BCUT2D eigenvalue weighted by atomic mass is 10.0. The Labute approximate surface area is 144 Å². The van der Waals surface area contributed by atoms with Crippen molar-refractivity contribution >= 4 is 0 Å². The molecule has 0 N–H and O–H groups in total. The fourth-order valence-electron chi connectivity index (χ4n) is 2.86. The van der Waals surface area contributed by atoms with Crippen LogP contribution in [0, 0.1) is 11.6 Å². The van der Waals surface area contributed by atoms with Crippen LogP contribution in [-0.2, 0) is 0 Å². The molecule has 0 atom stereocenters. The van der Waals surface area contributed by atoms with Gasteiger partial charge in [-0.05, 0) is 47.5 Å². The summed E-state index contributed by atoms with van der Waals surface area (Å²) in [5.41, 5.74) is 3.71. The highest BCUT2D eigenvalue weighted by atomic mass is 19.1. The van der Waals surface area contributed by atoms with Crippen LogP contribution in [0.2, 0.25) is 0 Å². The van der Waals surface area contributed by atoms with E-state index in [0.29, 0.717) is 5.69 Å². The average Bonchev–Trinajstić information content (AvgIpc) is 3.12. The third-order valence-corrected chi connectivity index (χ3v) is 4.04. The molecule has 0 saturated heterocycles. The molecule has 4 rings (SSSR count). The molecule has 0 spiro atoms. The van der Waals surface area contributed by atoms with E-state index in [-0.39, 0.29) is 11.6 Å². The summed E-state index contributed by atoms with van der Waals surface area (Å²) in [6.07, 6.45) is 1.64. The largest absolute Gasteiger partial charge is 0.230 e. The molecular weight excluding hydrogens is 318 g/mol. The van der Waals surface area contributed by atoms with Gasteiger partial charge in [0.05, 0.1) is 11.9 Å². The van der Waals surface area contributed by atoms with Gasteiger partial charge in [0.15, 0.2) is 0 Å². The second kappa shape index (κ2) is 6.32. The molecule has 0 aliphatic carbocycles. The molecule has 122 valence electrons. The fourth-order valence-corrected chi connectivity index (χ4v) is 2.86. The van der Waals surface area contributed by atoms with Gasteiger partial charge in [-0.1, -0.05) is 42.5 Å². The molecular formula is C21H14F2N2. The number of nitrogens with zero attached hydrogens (tertiary/aromatic N) is 2. The predicted molar refractivity (Wildman–Crippen MR) is 94.4 cm³/mol. The lowest BCUT2D eigenvalue weighted by molar-refractivity contribution is 0.611. The highest BCUT2D eigenvalue weighted by Gasteiger charge is 2.11. The minimum absolute atomic E-state index is 0.278. The summed E-state index contributed by atoms with van der Waals surface area (Å²) < 4.78 is 29.2. The molecule has 4 heteroatoms. The van der Waals surface area contributed by atoms with Crippen LogP contribution < -0.4 is 0 Å². The summed E-state index contributed by atoms with van der Waals surface area (Å²) in [6.45, 7) is 0. The van der Waals surface area contributed by atoms with Gasteiger partial charge in [-0.2, -0.15) is 5.10 Å². The fraction of sp³-hybridized carbons (Fsp3) is 0. The zero-order chi connectivity index (χ0) is 17.2. The molecule has 3 aromatic carbocycles. The number of benzene rings is 3. The van der Waals surface area contributed by atoms with Crippen LogP contribution in [0.5, 0.6) is 0 Å². The summed E-state index contributed by atoms with van der Waals surface area (Å²) >= 11 is 0.